The lowest BCUT2D eigenvalue weighted by Crippen LogP contribution is -2.35. The Balaban J connectivity index is 2.27. The first kappa shape index (κ1) is 12.5. The summed E-state index contributed by atoms with van der Waals surface area (Å²) in [5.41, 5.74) is 5.97. The van der Waals surface area contributed by atoms with E-state index in [9.17, 15) is 4.79 Å². The van der Waals surface area contributed by atoms with Crippen molar-refractivity contribution in [3.8, 4) is 0 Å². The van der Waals surface area contributed by atoms with E-state index in [2.05, 4.69) is 13.8 Å². The van der Waals surface area contributed by atoms with Crippen molar-refractivity contribution < 1.29 is 4.79 Å². The van der Waals surface area contributed by atoms with E-state index < -0.39 is 0 Å². The van der Waals surface area contributed by atoms with Gasteiger partial charge < -0.3 is 10.6 Å². The molecule has 15 heavy (non-hydrogen) atoms. The van der Waals surface area contributed by atoms with Crippen molar-refractivity contribution in [2.24, 2.45) is 17.1 Å². The van der Waals surface area contributed by atoms with Crippen LogP contribution >= 0.6 is 0 Å². The first-order valence-electron chi connectivity index (χ1n) is 5.93. The predicted molar refractivity (Wildman–Crippen MR) is 62.4 cm³/mol. The summed E-state index contributed by atoms with van der Waals surface area (Å²) in [4.78, 5) is 13.6. The molecule has 0 aromatic heterocycles. The summed E-state index contributed by atoms with van der Waals surface area (Å²) in [7, 11) is 1.90. The predicted octanol–water partition coefficient (Wildman–Crippen LogP) is 1.62. The van der Waals surface area contributed by atoms with E-state index in [1.54, 1.807) is 0 Å². The van der Waals surface area contributed by atoms with Crippen LogP contribution in [-0.2, 0) is 4.79 Å². The van der Waals surface area contributed by atoms with Gasteiger partial charge in [-0.2, -0.15) is 0 Å². The molecule has 88 valence electrons. The van der Waals surface area contributed by atoms with Crippen LogP contribution in [0.25, 0.3) is 0 Å². The van der Waals surface area contributed by atoms with Crippen molar-refractivity contribution in [2.75, 3.05) is 20.1 Å². The number of rotatable bonds is 6. The van der Waals surface area contributed by atoms with E-state index in [-0.39, 0.29) is 11.3 Å². The highest BCUT2D eigenvalue weighted by atomic mass is 16.2. The quantitative estimate of drug-likeness (QED) is 0.727. The van der Waals surface area contributed by atoms with E-state index in [0.29, 0.717) is 12.3 Å². The van der Waals surface area contributed by atoms with E-state index in [0.717, 1.165) is 19.5 Å². The molecule has 1 aliphatic carbocycles. The number of nitrogens with two attached hydrogens (primary N) is 1. The van der Waals surface area contributed by atoms with E-state index in [1.165, 1.54) is 12.8 Å². The normalized spacial score (nSPS) is 17.9. The maximum atomic E-state index is 11.8. The second-order valence-corrected chi connectivity index (χ2v) is 5.39. The zero-order valence-corrected chi connectivity index (χ0v) is 10.3. The van der Waals surface area contributed by atoms with Gasteiger partial charge in [0.05, 0.1) is 0 Å². The number of hydrogen-bond acceptors (Lipinski definition) is 2. The molecule has 0 spiro atoms. The summed E-state index contributed by atoms with van der Waals surface area (Å²) < 4.78 is 0. The Bertz CT molecular complexity index is 222. The van der Waals surface area contributed by atoms with Gasteiger partial charge in [0.2, 0.25) is 5.91 Å². The summed E-state index contributed by atoms with van der Waals surface area (Å²) in [6.45, 7) is 5.86. The van der Waals surface area contributed by atoms with Gasteiger partial charge in [-0.15, -0.1) is 0 Å². The lowest BCUT2D eigenvalue weighted by molar-refractivity contribution is -0.130. The van der Waals surface area contributed by atoms with E-state index in [1.807, 2.05) is 11.9 Å². The minimum atomic E-state index is 0.266. The molecule has 0 heterocycles. The average molecular weight is 212 g/mol. The third-order valence-electron chi connectivity index (χ3n) is 3.32. The van der Waals surface area contributed by atoms with Crippen LogP contribution < -0.4 is 5.73 Å². The maximum absolute atomic E-state index is 11.8. The number of hydrogen-bond donors (Lipinski definition) is 1. The fourth-order valence-corrected chi connectivity index (χ4v) is 1.80. The Labute approximate surface area is 93.0 Å². The van der Waals surface area contributed by atoms with Crippen LogP contribution in [0.15, 0.2) is 0 Å². The van der Waals surface area contributed by atoms with E-state index >= 15 is 0 Å². The Hall–Kier alpha value is -0.570. The van der Waals surface area contributed by atoms with Crippen LogP contribution in [0, 0.1) is 11.3 Å². The van der Waals surface area contributed by atoms with Crippen LogP contribution in [0.2, 0.25) is 0 Å². The third-order valence-corrected chi connectivity index (χ3v) is 3.32. The minimum Gasteiger partial charge on any atom is -0.345 e. The molecular formula is C12H24N2O. The minimum absolute atomic E-state index is 0.266. The van der Waals surface area contributed by atoms with Crippen molar-refractivity contribution >= 4 is 5.91 Å². The van der Waals surface area contributed by atoms with Crippen LogP contribution in [0.5, 0.6) is 0 Å². The maximum Gasteiger partial charge on any atom is 0.222 e. The Morgan fingerprint density at radius 1 is 1.47 bits per heavy atom. The molecule has 0 unspecified atom stereocenters. The molecule has 1 rings (SSSR count). The van der Waals surface area contributed by atoms with Gasteiger partial charge in [-0.05, 0) is 31.7 Å². The molecule has 1 saturated carbocycles. The SMILES string of the molecule is CC(C)CCC(=O)N(C)CC1(CN)CC1. The van der Waals surface area contributed by atoms with Crippen molar-refractivity contribution in [3.63, 3.8) is 0 Å². The molecule has 0 radical (unpaired) electrons. The van der Waals surface area contributed by atoms with Gasteiger partial charge in [0.1, 0.15) is 0 Å². The van der Waals surface area contributed by atoms with Crippen LogP contribution in [0.4, 0.5) is 0 Å². The summed E-state index contributed by atoms with van der Waals surface area (Å²) in [5.74, 6) is 0.871. The highest BCUT2D eigenvalue weighted by Gasteiger charge is 2.42. The first-order chi connectivity index (χ1) is 6.99. The molecule has 0 aromatic rings. The van der Waals surface area contributed by atoms with Gasteiger partial charge in [-0.1, -0.05) is 13.8 Å². The summed E-state index contributed by atoms with van der Waals surface area (Å²) in [5, 5.41) is 0. The number of carbonyl (C=O) groups excluding carboxylic acids is 1. The second kappa shape index (κ2) is 4.97. The molecule has 0 atom stereocenters. The Morgan fingerprint density at radius 2 is 2.07 bits per heavy atom. The Morgan fingerprint density at radius 3 is 2.47 bits per heavy atom. The standard InChI is InChI=1S/C12H24N2O/c1-10(2)4-5-11(15)14(3)9-12(8-13)6-7-12/h10H,4-9,13H2,1-3H3. The number of carbonyl (C=O) groups is 1. The third kappa shape index (κ3) is 3.82. The average Bonchev–Trinajstić information content (AvgIpc) is 2.94. The summed E-state index contributed by atoms with van der Waals surface area (Å²) in [6, 6.07) is 0. The van der Waals surface area contributed by atoms with Crippen molar-refractivity contribution in [3.05, 3.63) is 0 Å². The molecule has 1 amide bonds. The molecule has 3 heteroatoms. The number of amides is 1. The van der Waals surface area contributed by atoms with Gasteiger partial charge in [0.25, 0.3) is 0 Å². The van der Waals surface area contributed by atoms with E-state index in [4.69, 9.17) is 5.73 Å². The van der Waals surface area contributed by atoms with Crippen LogP contribution in [-0.4, -0.2) is 30.9 Å². The molecule has 2 N–H and O–H groups in total. The lowest BCUT2D eigenvalue weighted by atomic mass is 10.1. The second-order valence-electron chi connectivity index (χ2n) is 5.39. The van der Waals surface area contributed by atoms with Gasteiger partial charge >= 0.3 is 0 Å². The van der Waals surface area contributed by atoms with Gasteiger partial charge in [-0.3, -0.25) is 4.79 Å². The highest BCUT2D eigenvalue weighted by Crippen LogP contribution is 2.44. The lowest BCUT2D eigenvalue weighted by Gasteiger charge is -2.23. The monoisotopic (exact) mass is 212 g/mol. The van der Waals surface area contributed by atoms with Gasteiger partial charge in [0.15, 0.2) is 0 Å². The van der Waals surface area contributed by atoms with Crippen molar-refractivity contribution in [1.82, 2.24) is 4.90 Å². The van der Waals surface area contributed by atoms with Crippen LogP contribution in [0.1, 0.15) is 39.5 Å². The number of nitrogens with zero attached hydrogens (tertiary/aromatic N) is 1. The summed E-state index contributed by atoms with van der Waals surface area (Å²) >= 11 is 0. The molecule has 0 saturated heterocycles. The molecule has 0 aromatic carbocycles. The topological polar surface area (TPSA) is 46.3 Å². The first-order valence-corrected chi connectivity index (χ1v) is 5.93. The fraction of sp³-hybridized carbons (Fsp3) is 0.917. The van der Waals surface area contributed by atoms with Crippen molar-refractivity contribution in [2.45, 2.75) is 39.5 Å². The molecule has 3 nitrogen and oxygen atoms in total. The molecule has 1 aliphatic rings. The van der Waals surface area contributed by atoms with Crippen LogP contribution in [0.3, 0.4) is 0 Å². The zero-order valence-electron chi connectivity index (χ0n) is 10.3. The van der Waals surface area contributed by atoms with Gasteiger partial charge in [-0.25, -0.2) is 0 Å². The molecular weight excluding hydrogens is 188 g/mol. The van der Waals surface area contributed by atoms with Gasteiger partial charge in [0, 0.05) is 25.4 Å². The van der Waals surface area contributed by atoms with Crippen molar-refractivity contribution in [1.29, 1.82) is 0 Å². The fourth-order valence-electron chi connectivity index (χ4n) is 1.80. The summed E-state index contributed by atoms with van der Waals surface area (Å²) in [6.07, 6.45) is 4.03. The molecule has 0 aliphatic heterocycles. The largest absolute Gasteiger partial charge is 0.345 e. The Kier molecular flexibility index (Phi) is 4.14. The highest BCUT2D eigenvalue weighted by molar-refractivity contribution is 5.75. The molecule has 0 bridgehead atoms. The zero-order chi connectivity index (χ0) is 11.5. The molecule has 1 fully saturated rings. The smallest absolute Gasteiger partial charge is 0.222 e.